The fourth-order valence-electron chi connectivity index (χ4n) is 1.98. The number of hydrogen-bond donors (Lipinski definition) is 0. The zero-order valence-corrected chi connectivity index (χ0v) is 12.7. The molecule has 0 aromatic heterocycles. The average Bonchev–Trinajstić information content (AvgIpc) is 2.41. The highest BCUT2D eigenvalue weighted by Gasteiger charge is 2.12. The second-order valence-corrected chi connectivity index (χ2v) is 5.56. The lowest BCUT2D eigenvalue weighted by Gasteiger charge is -2.16. The number of Topliss-reactive ketones (excluding diaryl/α,β-unsaturated/α-hetero) is 1. The third kappa shape index (κ3) is 3.99. The zero-order chi connectivity index (χ0) is 14.5. The van der Waals surface area contributed by atoms with Gasteiger partial charge in [-0.25, -0.2) is 4.39 Å². The van der Waals surface area contributed by atoms with Crippen molar-refractivity contribution in [1.29, 1.82) is 0 Å². The first-order valence-corrected chi connectivity index (χ1v) is 7.06. The van der Waals surface area contributed by atoms with Crippen LogP contribution in [0.25, 0.3) is 0 Å². The first-order valence-electron chi connectivity index (χ1n) is 6.27. The zero-order valence-electron chi connectivity index (χ0n) is 11.1. The number of nitrogens with zero attached hydrogens (tertiary/aromatic N) is 1. The van der Waals surface area contributed by atoms with E-state index >= 15 is 0 Å². The number of halogens is 2. The molecule has 0 aliphatic rings. The fraction of sp³-hybridized carbons (Fsp3) is 0.188. The van der Waals surface area contributed by atoms with Gasteiger partial charge in [0.1, 0.15) is 5.82 Å². The Kier molecular flexibility index (Phi) is 5.04. The summed E-state index contributed by atoms with van der Waals surface area (Å²) in [4.78, 5) is 14.1. The number of ketones is 1. The van der Waals surface area contributed by atoms with E-state index in [1.165, 1.54) is 12.1 Å². The Bertz CT molecular complexity index is 598. The van der Waals surface area contributed by atoms with Crippen molar-refractivity contribution >= 4 is 21.7 Å². The molecule has 0 bridgehead atoms. The Morgan fingerprint density at radius 1 is 1.15 bits per heavy atom. The van der Waals surface area contributed by atoms with Crippen LogP contribution in [0.4, 0.5) is 4.39 Å². The molecule has 0 atom stereocenters. The van der Waals surface area contributed by atoms with E-state index in [9.17, 15) is 9.18 Å². The van der Waals surface area contributed by atoms with Crippen LogP contribution in [0.1, 0.15) is 15.9 Å². The van der Waals surface area contributed by atoms with Crippen LogP contribution in [0.2, 0.25) is 0 Å². The molecule has 0 spiro atoms. The molecule has 0 radical (unpaired) electrons. The van der Waals surface area contributed by atoms with Gasteiger partial charge in [0.05, 0.1) is 6.54 Å². The molecule has 0 aliphatic heterocycles. The monoisotopic (exact) mass is 335 g/mol. The molecule has 0 saturated heterocycles. The van der Waals surface area contributed by atoms with Crippen molar-refractivity contribution in [3.8, 4) is 0 Å². The molecule has 0 heterocycles. The third-order valence-electron chi connectivity index (χ3n) is 2.95. The average molecular weight is 336 g/mol. The summed E-state index contributed by atoms with van der Waals surface area (Å²) in [5.41, 5.74) is 1.66. The van der Waals surface area contributed by atoms with Crippen LogP contribution in [0.15, 0.2) is 53.0 Å². The summed E-state index contributed by atoms with van der Waals surface area (Å²) in [6.45, 7) is 0.927. The molecule has 104 valence electrons. The second-order valence-electron chi connectivity index (χ2n) is 4.70. The highest BCUT2D eigenvalue weighted by molar-refractivity contribution is 9.10. The minimum atomic E-state index is -0.249. The SMILES string of the molecule is CN(CC(=O)c1ccccc1Br)Cc1ccc(F)cc1. The number of hydrogen-bond acceptors (Lipinski definition) is 2. The van der Waals surface area contributed by atoms with Crippen molar-refractivity contribution < 1.29 is 9.18 Å². The van der Waals surface area contributed by atoms with E-state index in [0.29, 0.717) is 18.7 Å². The summed E-state index contributed by atoms with van der Waals surface area (Å²) in [5.74, 6) is -0.192. The number of carbonyl (C=O) groups is 1. The van der Waals surface area contributed by atoms with Gasteiger partial charge in [0.15, 0.2) is 5.78 Å². The lowest BCUT2D eigenvalue weighted by Crippen LogP contribution is -2.25. The molecule has 0 saturated carbocycles. The minimum Gasteiger partial charge on any atom is -0.295 e. The summed E-state index contributed by atoms with van der Waals surface area (Å²) >= 11 is 3.38. The Morgan fingerprint density at radius 2 is 1.80 bits per heavy atom. The predicted octanol–water partition coefficient (Wildman–Crippen LogP) is 3.90. The summed E-state index contributed by atoms with van der Waals surface area (Å²) < 4.78 is 13.6. The summed E-state index contributed by atoms with van der Waals surface area (Å²) in [7, 11) is 1.87. The number of carbonyl (C=O) groups excluding carboxylic acids is 1. The Labute approximate surface area is 126 Å². The lowest BCUT2D eigenvalue weighted by atomic mass is 10.1. The van der Waals surface area contributed by atoms with Crippen molar-refractivity contribution in [1.82, 2.24) is 4.90 Å². The number of likely N-dealkylation sites (N-methyl/N-ethyl adjacent to an activating group) is 1. The van der Waals surface area contributed by atoms with E-state index in [1.807, 2.05) is 30.1 Å². The number of benzene rings is 2. The standard InChI is InChI=1S/C16H15BrFNO/c1-19(10-12-6-8-13(18)9-7-12)11-16(20)14-4-2-3-5-15(14)17/h2-9H,10-11H2,1H3. The van der Waals surface area contributed by atoms with Crippen molar-refractivity contribution in [3.63, 3.8) is 0 Å². The van der Waals surface area contributed by atoms with Crippen LogP contribution < -0.4 is 0 Å². The first kappa shape index (κ1) is 14.9. The maximum absolute atomic E-state index is 12.8. The van der Waals surface area contributed by atoms with Crippen molar-refractivity contribution in [3.05, 3.63) is 69.9 Å². The van der Waals surface area contributed by atoms with Crippen LogP contribution in [-0.4, -0.2) is 24.3 Å². The first-order chi connectivity index (χ1) is 9.56. The van der Waals surface area contributed by atoms with E-state index in [2.05, 4.69) is 15.9 Å². The van der Waals surface area contributed by atoms with Gasteiger partial charge >= 0.3 is 0 Å². The largest absolute Gasteiger partial charge is 0.295 e. The number of rotatable bonds is 5. The predicted molar refractivity (Wildman–Crippen MR) is 81.2 cm³/mol. The molecule has 0 unspecified atom stereocenters. The minimum absolute atomic E-state index is 0.0575. The van der Waals surface area contributed by atoms with E-state index in [4.69, 9.17) is 0 Å². The summed E-state index contributed by atoms with van der Waals surface area (Å²) in [5, 5.41) is 0. The highest BCUT2D eigenvalue weighted by Crippen LogP contribution is 2.17. The molecule has 0 amide bonds. The summed E-state index contributed by atoms with van der Waals surface area (Å²) in [6, 6.07) is 13.7. The molecule has 20 heavy (non-hydrogen) atoms. The quantitative estimate of drug-likeness (QED) is 0.772. The molecular weight excluding hydrogens is 321 g/mol. The van der Waals surface area contributed by atoms with Gasteiger partial charge in [0.2, 0.25) is 0 Å². The second kappa shape index (κ2) is 6.77. The van der Waals surface area contributed by atoms with Crippen LogP contribution in [0, 0.1) is 5.82 Å². The highest BCUT2D eigenvalue weighted by atomic mass is 79.9. The molecule has 2 rings (SSSR count). The molecule has 4 heteroatoms. The maximum Gasteiger partial charge on any atom is 0.177 e. The smallest absolute Gasteiger partial charge is 0.177 e. The normalized spacial score (nSPS) is 10.8. The molecular formula is C16H15BrFNO. The van der Waals surface area contributed by atoms with Gasteiger partial charge in [-0.3, -0.25) is 9.69 Å². The Hall–Kier alpha value is -1.52. The molecule has 2 aromatic rings. The third-order valence-corrected chi connectivity index (χ3v) is 3.65. The Morgan fingerprint density at radius 3 is 2.45 bits per heavy atom. The fourth-order valence-corrected chi connectivity index (χ4v) is 2.48. The van der Waals surface area contributed by atoms with Crippen molar-refractivity contribution in [2.24, 2.45) is 0 Å². The molecule has 2 aromatic carbocycles. The van der Waals surface area contributed by atoms with Gasteiger partial charge in [-0.1, -0.05) is 46.3 Å². The van der Waals surface area contributed by atoms with Crippen LogP contribution in [0.5, 0.6) is 0 Å². The van der Waals surface area contributed by atoms with E-state index < -0.39 is 0 Å². The Balaban J connectivity index is 1.98. The van der Waals surface area contributed by atoms with E-state index in [1.54, 1.807) is 18.2 Å². The molecule has 0 N–H and O–H groups in total. The van der Waals surface area contributed by atoms with E-state index in [-0.39, 0.29) is 11.6 Å². The van der Waals surface area contributed by atoms with Crippen LogP contribution in [-0.2, 0) is 6.54 Å². The van der Waals surface area contributed by atoms with Gasteiger partial charge in [0, 0.05) is 16.6 Å². The van der Waals surface area contributed by atoms with Crippen molar-refractivity contribution in [2.45, 2.75) is 6.54 Å². The van der Waals surface area contributed by atoms with Crippen LogP contribution in [0.3, 0.4) is 0 Å². The van der Waals surface area contributed by atoms with Crippen molar-refractivity contribution in [2.75, 3.05) is 13.6 Å². The van der Waals surface area contributed by atoms with Gasteiger partial charge < -0.3 is 0 Å². The van der Waals surface area contributed by atoms with Gasteiger partial charge in [-0.15, -0.1) is 0 Å². The topological polar surface area (TPSA) is 20.3 Å². The molecule has 0 fully saturated rings. The molecule has 0 aliphatic carbocycles. The summed E-state index contributed by atoms with van der Waals surface area (Å²) in [6.07, 6.45) is 0. The van der Waals surface area contributed by atoms with Gasteiger partial charge in [0.25, 0.3) is 0 Å². The van der Waals surface area contributed by atoms with Gasteiger partial charge in [-0.2, -0.15) is 0 Å². The maximum atomic E-state index is 12.8. The van der Waals surface area contributed by atoms with E-state index in [0.717, 1.165) is 10.0 Å². The van der Waals surface area contributed by atoms with Gasteiger partial charge in [-0.05, 0) is 30.8 Å². The van der Waals surface area contributed by atoms with Crippen LogP contribution >= 0.6 is 15.9 Å². The lowest BCUT2D eigenvalue weighted by molar-refractivity contribution is 0.0942. The molecule has 2 nitrogen and oxygen atoms in total.